The van der Waals surface area contributed by atoms with Crippen LogP contribution >= 0.6 is 39.9 Å². The van der Waals surface area contributed by atoms with Crippen molar-refractivity contribution in [1.29, 1.82) is 0 Å². The van der Waals surface area contributed by atoms with E-state index in [2.05, 4.69) is 36.7 Å². The molecule has 0 radical (unpaired) electrons. The molecule has 0 bridgehead atoms. The Morgan fingerprint density at radius 2 is 2.21 bits per heavy atom. The predicted octanol–water partition coefficient (Wildman–Crippen LogP) is 3.03. The van der Waals surface area contributed by atoms with Crippen molar-refractivity contribution in [2.45, 2.75) is 19.5 Å². The number of aliphatic imine (C=N–C) groups is 1. The Morgan fingerprint density at radius 1 is 1.38 bits per heavy atom. The summed E-state index contributed by atoms with van der Waals surface area (Å²) in [5.74, 6) is 1.62. The first-order valence-electron chi connectivity index (χ1n) is 7.47. The molecule has 1 heterocycles. The van der Waals surface area contributed by atoms with Crippen molar-refractivity contribution >= 4 is 45.9 Å². The van der Waals surface area contributed by atoms with E-state index in [1.54, 1.807) is 20.4 Å². The van der Waals surface area contributed by atoms with E-state index < -0.39 is 0 Å². The van der Waals surface area contributed by atoms with Gasteiger partial charge in [0.05, 0.1) is 11.6 Å². The molecule has 0 aliphatic carbocycles. The summed E-state index contributed by atoms with van der Waals surface area (Å²) in [4.78, 5) is 4.23. The maximum Gasteiger partial charge on any atom is 0.191 e. The van der Waals surface area contributed by atoms with Crippen molar-refractivity contribution in [1.82, 2.24) is 20.4 Å². The van der Waals surface area contributed by atoms with Crippen molar-refractivity contribution in [3.05, 3.63) is 46.7 Å². The number of rotatable bonds is 7. The highest BCUT2D eigenvalue weighted by Gasteiger charge is 2.03. The number of aromatic nitrogens is 2. The van der Waals surface area contributed by atoms with Gasteiger partial charge < -0.3 is 15.4 Å². The van der Waals surface area contributed by atoms with Crippen LogP contribution in [-0.2, 0) is 13.1 Å². The zero-order valence-corrected chi connectivity index (χ0v) is 17.7. The molecule has 2 rings (SSSR count). The minimum atomic E-state index is 0. The Morgan fingerprint density at radius 3 is 2.83 bits per heavy atom. The van der Waals surface area contributed by atoms with Gasteiger partial charge in [0.1, 0.15) is 5.75 Å². The summed E-state index contributed by atoms with van der Waals surface area (Å²) < 4.78 is 8.10. The zero-order chi connectivity index (χ0) is 16.5. The zero-order valence-electron chi connectivity index (χ0n) is 13.8. The maximum atomic E-state index is 5.23. The van der Waals surface area contributed by atoms with Gasteiger partial charge in [0.25, 0.3) is 0 Å². The Balaban J connectivity index is 0.00000288. The first-order valence-corrected chi connectivity index (χ1v) is 8.26. The molecule has 0 aliphatic heterocycles. The molecule has 0 saturated carbocycles. The molecule has 8 heteroatoms. The van der Waals surface area contributed by atoms with Crippen LogP contribution in [0.3, 0.4) is 0 Å². The molecule has 1 aromatic heterocycles. The molecule has 6 nitrogen and oxygen atoms in total. The van der Waals surface area contributed by atoms with Gasteiger partial charge in [0.2, 0.25) is 0 Å². The van der Waals surface area contributed by atoms with E-state index in [0.717, 1.165) is 41.3 Å². The molecule has 0 amide bonds. The van der Waals surface area contributed by atoms with Crippen LogP contribution in [0.2, 0.25) is 0 Å². The third-order valence-electron chi connectivity index (χ3n) is 3.32. The van der Waals surface area contributed by atoms with Crippen LogP contribution in [0.15, 0.2) is 46.1 Å². The van der Waals surface area contributed by atoms with E-state index in [1.807, 2.05) is 35.1 Å². The largest absolute Gasteiger partial charge is 0.496 e. The first kappa shape index (κ1) is 20.8. The lowest BCUT2D eigenvalue weighted by Gasteiger charge is -2.12. The predicted molar refractivity (Wildman–Crippen MR) is 111 cm³/mol. The normalized spacial score (nSPS) is 10.9. The van der Waals surface area contributed by atoms with E-state index in [1.165, 1.54) is 0 Å². The number of nitrogens with zero attached hydrogens (tertiary/aromatic N) is 3. The van der Waals surface area contributed by atoms with Crippen molar-refractivity contribution in [2.75, 3.05) is 20.7 Å². The van der Waals surface area contributed by atoms with Gasteiger partial charge in [-0.05, 0) is 46.1 Å². The molecular weight excluding hydrogens is 485 g/mol. The summed E-state index contributed by atoms with van der Waals surface area (Å²) in [5, 5.41) is 10.8. The monoisotopic (exact) mass is 507 g/mol. The lowest BCUT2D eigenvalue weighted by Crippen LogP contribution is -2.37. The standard InChI is InChI=1S/C16H22BrN5O.HI/c1-18-16(19-7-3-9-22-10-4-8-21-22)20-12-13-5-6-15(23-2)14(17)11-13;/h4-6,8,10-11H,3,7,9,12H2,1-2H3,(H2,18,19,20);1H. The fourth-order valence-corrected chi connectivity index (χ4v) is 2.69. The van der Waals surface area contributed by atoms with Gasteiger partial charge >= 0.3 is 0 Å². The molecule has 0 unspecified atom stereocenters. The smallest absolute Gasteiger partial charge is 0.191 e. The highest BCUT2D eigenvalue weighted by Crippen LogP contribution is 2.25. The number of methoxy groups -OCH3 is 1. The second-order valence-corrected chi connectivity index (χ2v) is 5.80. The highest BCUT2D eigenvalue weighted by atomic mass is 127. The first-order chi connectivity index (χ1) is 11.2. The number of nitrogens with one attached hydrogen (secondary N) is 2. The van der Waals surface area contributed by atoms with Crippen LogP contribution in [0.1, 0.15) is 12.0 Å². The average molecular weight is 508 g/mol. The molecule has 0 fully saturated rings. The lowest BCUT2D eigenvalue weighted by atomic mass is 10.2. The van der Waals surface area contributed by atoms with Crippen LogP contribution in [0.25, 0.3) is 0 Å². The van der Waals surface area contributed by atoms with Crippen molar-refractivity contribution in [3.8, 4) is 5.75 Å². The van der Waals surface area contributed by atoms with E-state index in [-0.39, 0.29) is 24.0 Å². The minimum absolute atomic E-state index is 0. The van der Waals surface area contributed by atoms with Gasteiger partial charge in [-0.25, -0.2) is 0 Å². The van der Waals surface area contributed by atoms with E-state index in [4.69, 9.17) is 4.74 Å². The van der Waals surface area contributed by atoms with E-state index >= 15 is 0 Å². The number of guanidine groups is 1. The molecule has 24 heavy (non-hydrogen) atoms. The Bertz CT molecular complexity index is 633. The Hall–Kier alpha value is -1.29. The summed E-state index contributed by atoms with van der Waals surface area (Å²) in [7, 11) is 3.43. The summed E-state index contributed by atoms with van der Waals surface area (Å²) in [6.45, 7) is 2.43. The summed E-state index contributed by atoms with van der Waals surface area (Å²) in [5.41, 5.74) is 1.15. The second-order valence-electron chi connectivity index (χ2n) is 4.94. The molecular formula is C16H23BrIN5O. The third-order valence-corrected chi connectivity index (χ3v) is 3.94. The van der Waals surface area contributed by atoms with Gasteiger partial charge in [-0.1, -0.05) is 6.07 Å². The summed E-state index contributed by atoms with van der Waals surface area (Å²) in [6.07, 6.45) is 4.74. The van der Waals surface area contributed by atoms with Gasteiger partial charge in [0, 0.05) is 39.1 Å². The third kappa shape index (κ3) is 6.68. The van der Waals surface area contributed by atoms with Crippen LogP contribution in [0, 0.1) is 0 Å². The number of hydrogen-bond acceptors (Lipinski definition) is 3. The van der Waals surface area contributed by atoms with Crippen LogP contribution < -0.4 is 15.4 Å². The number of aryl methyl sites for hydroxylation is 1. The molecule has 0 saturated heterocycles. The summed E-state index contributed by atoms with van der Waals surface area (Å²) >= 11 is 3.49. The van der Waals surface area contributed by atoms with Crippen LogP contribution in [0.5, 0.6) is 5.75 Å². The molecule has 2 N–H and O–H groups in total. The van der Waals surface area contributed by atoms with Gasteiger partial charge in [-0.2, -0.15) is 5.10 Å². The lowest BCUT2D eigenvalue weighted by molar-refractivity contribution is 0.412. The van der Waals surface area contributed by atoms with Gasteiger partial charge in [0.15, 0.2) is 5.96 Å². The van der Waals surface area contributed by atoms with Crippen LogP contribution in [-0.4, -0.2) is 36.4 Å². The van der Waals surface area contributed by atoms with Gasteiger partial charge in [-0.15, -0.1) is 24.0 Å². The summed E-state index contributed by atoms with van der Waals surface area (Å²) in [6, 6.07) is 7.95. The Labute approximate surface area is 168 Å². The minimum Gasteiger partial charge on any atom is -0.496 e. The number of hydrogen-bond donors (Lipinski definition) is 2. The van der Waals surface area contributed by atoms with Crippen LogP contribution in [0.4, 0.5) is 0 Å². The maximum absolute atomic E-state index is 5.23. The number of benzene rings is 1. The molecule has 1 aromatic carbocycles. The topological polar surface area (TPSA) is 63.5 Å². The fourth-order valence-electron chi connectivity index (χ4n) is 2.11. The van der Waals surface area contributed by atoms with Crippen molar-refractivity contribution in [2.24, 2.45) is 4.99 Å². The quantitative estimate of drug-likeness (QED) is 0.262. The highest BCUT2D eigenvalue weighted by molar-refractivity contribution is 14.0. The van der Waals surface area contributed by atoms with Crippen molar-refractivity contribution in [3.63, 3.8) is 0 Å². The fraction of sp³-hybridized carbons (Fsp3) is 0.375. The SMILES string of the molecule is CN=C(NCCCn1cccn1)NCc1ccc(OC)c(Br)c1.I. The molecule has 0 aliphatic rings. The molecule has 2 aromatic rings. The van der Waals surface area contributed by atoms with E-state index in [0.29, 0.717) is 6.54 Å². The molecule has 132 valence electrons. The number of halogens is 2. The van der Waals surface area contributed by atoms with Crippen molar-refractivity contribution < 1.29 is 4.74 Å². The Kier molecular flexibility index (Phi) is 9.77. The average Bonchev–Trinajstić information content (AvgIpc) is 3.07. The second kappa shape index (κ2) is 11.3. The molecule has 0 atom stereocenters. The molecule has 0 spiro atoms. The van der Waals surface area contributed by atoms with Gasteiger partial charge in [-0.3, -0.25) is 9.67 Å². The van der Waals surface area contributed by atoms with E-state index in [9.17, 15) is 0 Å². The number of ether oxygens (including phenoxy) is 1.